The molecular weight excluding hydrogens is 254 g/mol. The number of aliphatic carboxylic acids is 1. The molecule has 0 heterocycles. The number of carbonyl (C=O) groups is 2. The molecule has 0 aromatic carbocycles. The number of carboxylic acids is 1. The Labute approximate surface area is 119 Å². The van der Waals surface area contributed by atoms with Crippen LogP contribution in [0.2, 0.25) is 0 Å². The molecule has 2 bridgehead atoms. The molecule has 1 amide bonds. The quantitative estimate of drug-likeness (QED) is 0.774. The molecule has 0 aromatic rings. The Morgan fingerprint density at radius 2 is 1.80 bits per heavy atom. The molecule has 110 valence electrons. The molecule has 0 radical (unpaired) electrons. The minimum atomic E-state index is -0.825. The molecule has 0 saturated heterocycles. The Hall–Kier alpha value is -1.32. The van der Waals surface area contributed by atoms with Gasteiger partial charge in [-0.1, -0.05) is 31.9 Å². The number of hydrogen-bond donors (Lipinski definition) is 2. The van der Waals surface area contributed by atoms with Gasteiger partial charge < -0.3 is 10.4 Å². The third-order valence-corrected chi connectivity index (χ3v) is 5.55. The normalized spacial score (nSPS) is 37.2. The Bertz CT molecular complexity index is 451. The van der Waals surface area contributed by atoms with Crippen molar-refractivity contribution in [1.29, 1.82) is 0 Å². The van der Waals surface area contributed by atoms with Crippen LogP contribution in [0.25, 0.3) is 0 Å². The van der Waals surface area contributed by atoms with Crippen molar-refractivity contribution in [3.8, 4) is 0 Å². The molecule has 4 atom stereocenters. The van der Waals surface area contributed by atoms with Crippen LogP contribution in [-0.2, 0) is 9.59 Å². The lowest BCUT2D eigenvalue weighted by atomic mass is 9.82. The Morgan fingerprint density at radius 3 is 2.40 bits per heavy atom. The lowest BCUT2D eigenvalue weighted by molar-refractivity contribution is -0.147. The summed E-state index contributed by atoms with van der Waals surface area (Å²) in [7, 11) is 0. The van der Waals surface area contributed by atoms with Gasteiger partial charge in [0.25, 0.3) is 0 Å². The highest BCUT2D eigenvalue weighted by Crippen LogP contribution is 2.48. The second kappa shape index (κ2) is 4.90. The van der Waals surface area contributed by atoms with Gasteiger partial charge in [0.1, 0.15) is 0 Å². The highest BCUT2D eigenvalue weighted by molar-refractivity contribution is 5.86. The zero-order valence-electron chi connectivity index (χ0n) is 12.0. The summed E-state index contributed by atoms with van der Waals surface area (Å²) in [6.45, 7) is 2.91. The van der Waals surface area contributed by atoms with Gasteiger partial charge in [-0.05, 0) is 36.5 Å². The fourth-order valence-corrected chi connectivity index (χ4v) is 4.34. The molecular formula is C16H23NO3. The van der Waals surface area contributed by atoms with Gasteiger partial charge in [0.15, 0.2) is 0 Å². The second-order valence-electron chi connectivity index (χ2n) is 7.07. The summed E-state index contributed by atoms with van der Waals surface area (Å²) in [5.74, 6) is -1.60. The van der Waals surface area contributed by atoms with Crippen molar-refractivity contribution < 1.29 is 14.7 Å². The molecule has 2 N–H and O–H groups in total. The Balaban J connectivity index is 1.64. The van der Waals surface area contributed by atoms with Crippen LogP contribution in [0.4, 0.5) is 0 Å². The van der Waals surface area contributed by atoms with E-state index in [1.807, 2.05) is 12.2 Å². The summed E-state index contributed by atoms with van der Waals surface area (Å²) in [5.41, 5.74) is 0.210. The second-order valence-corrected chi connectivity index (χ2v) is 7.07. The van der Waals surface area contributed by atoms with Gasteiger partial charge in [0, 0.05) is 6.54 Å². The predicted molar refractivity (Wildman–Crippen MR) is 74.9 cm³/mol. The van der Waals surface area contributed by atoms with E-state index in [2.05, 4.69) is 12.2 Å². The van der Waals surface area contributed by atoms with E-state index < -0.39 is 11.9 Å². The first-order chi connectivity index (χ1) is 9.50. The number of carboxylic acid groups (broad SMARTS) is 1. The van der Waals surface area contributed by atoms with Crippen molar-refractivity contribution in [3.63, 3.8) is 0 Å². The van der Waals surface area contributed by atoms with E-state index >= 15 is 0 Å². The van der Waals surface area contributed by atoms with Gasteiger partial charge in [0.2, 0.25) is 5.91 Å². The topological polar surface area (TPSA) is 66.4 Å². The maximum absolute atomic E-state index is 12.4. The molecule has 2 saturated carbocycles. The molecule has 0 spiro atoms. The molecule has 3 aliphatic rings. The van der Waals surface area contributed by atoms with Crippen molar-refractivity contribution in [2.45, 2.75) is 39.0 Å². The maximum atomic E-state index is 12.4. The standard InChI is InChI=1S/C16H23NO3/c1-16(6-2-3-7-16)9-17-14(18)12-10-4-5-11(8-10)13(12)15(19)20/h4-5,10-13H,2-3,6-9H2,1H3,(H,17,18)(H,19,20)/t10?,11?,12-,13+/m0/s1. The number of carbonyl (C=O) groups excluding carboxylic acids is 1. The van der Waals surface area contributed by atoms with E-state index in [1.165, 1.54) is 12.8 Å². The fourth-order valence-electron chi connectivity index (χ4n) is 4.34. The van der Waals surface area contributed by atoms with E-state index in [1.54, 1.807) is 0 Å². The minimum Gasteiger partial charge on any atom is -0.481 e. The molecule has 2 fully saturated rings. The van der Waals surface area contributed by atoms with E-state index in [9.17, 15) is 14.7 Å². The summed E-state index contributed by atoms with van der Waals surface area (Å²) in [5, 5.41) is 12.4. The fraction of sp³-hybridized carbons (Fsp3) is 0.750. The maximum Gasteiger partial charge on any atom is 0.307 e. The first-order valence-electron chi connectivity index (χ1n) is 7.69. The van der Waals surface area contributed by atoms with Gasteiger partial charge >= 0.3 is 5.97 Å². The minimum absolute atomic E-state index is 0.0512. The molecule has 3 rings (SSSR count). The number of fused-ring (bicyclic) bond motifs is 2. The number of amides is 1. The molecule has 0 aromatic heterocycles. The number of hydrogen-bond acceptors (Lipinski definition) is 2. The van der Waals surface area contributed by atoms with Crippen molar-refractivity contribution >= 4 is 11.9 Å². The summed E-state index contributed by atoms with van der Waals surface area (Å²) in [6.07, 6.45) is 9.63. The van der Waals surface area contributed by atoms with Crippen LogP contribution >= 0.6 is 0 Å². The van der Waals surface area contributed by atoms with Gasteiger partial charge in [-0.2, -0.15) is 0 Å². The smallest absolute Gasteiger partial charge is 0.307 e. The highest BCUT2D eigenvalue weighted by Gasteiger charge is 2.51. The largest absolute Gasteiger partial charge is 0.481 e. The Morgan fingerprint density at radius 1 is 1.20 bits per heavy atom. The average Bonchev–Trinajstić information content (AvgIpc) is 3.10. The average molecular weight is 277 g/mol. The number of allylic oxidation sites excluding steroid dienone is 2. The molecule has 20 heavy (non-hydrogen) atoms. The molecule has 0 aliphatic heterocycles. The van der Waals surface area contributed by atoms with Crippen molar-refractivity contribution in [3.05, 3.63) is 12.2 Å². The van der Waals surface area contributed by atoms with Gasteiger partial charge in [-0.15, -0.1) is 0 Å². The molecule has 4 nitrogen and oxygen atoms in total. The summed E-state index contributed by atoms with van der Waals surface area (Å²) < 4.78 is 0. The lowest BCUT2D eigenvalue weighted by Crippen LogP contribution is -2.43. The van der Waals surface area contributed by atoms with Crippen LogP contribution in [0, 0.1) is 29.1 Å². The summed E-state index contributed by atoms with van der Waals surface area (Å²) in [4.78, 5) is 23.9. The SMILES string of the molecule is CC1(CNC(=O)[C@H]2C3C=CC(C3)[C@H]2C(=O)O)CCCC1. The third kappa shape index (κ3) is 2.25. The monoisotopic (exact) mass is 277 g/mol. The number of nitrogens with one attached hydrogen (secondary N) is 1. The molecule has 2 unspecified atom stereocenters. The van der Waals surface area contributed by atoms with Crippen LogP contribution in [0.5, 0.6) is 0 Å². The first kappa shape index (κ1) is 13.7. The van der Waals surface area contributed by atoms with Crippen LogP contribution in [0.1, 0.15) is 39.0 Å². The number of rotatable bonds is 4. The zero-order valence-corrected chi connectivity index (χ0v) is 12.0. The molecule has 3 aliphatic carbocycles. The van der Waals surface area contributed by atoms with E-state index in [-0.39, 0.29) is 29.1 Å². The van der Waals surface area contributed by atoms with Crippen LogP contribution in [0.15, 0.2) is 12.2 Å². The third-order valence-electron chi connectivity index (χ3n) is 5.55. The van der Waals surface area contributed by atoms with Crippen LogP contribution in [-0.4, -0.2) is 23.5 Å². The molecule has 4 heteroatoms. The van der Waals surface area contributed by atoms with Gasteiger partial charge in [-0.3, -0.25) is 9.59 Å². The van der Waals surface area contributed by atoms with Gasteiger partial charge in [-0.25, -0.2) is 0 Å². The lowest BCUT2D eigenvalue weighted by Gasteiger charge is -2.28. The summed E-state index contributed by atoms with van der Waals surface area (Å²) >= 11 is 0. The predicted octanol–water partition coefficient (Wildman–Crippen LogP) is 2.21. The van der Waals surface area contributed by atoms with E-state index in [0.717, 1.165) is 19.3 Å². The van der Waals surface area contributed by atoms with Crippen molar-refractivity contribution in [1.82, 2.24) is 5.32 Å². The van der Waals surface area contributed by atoms with Crippen molar-refractivity contribution in [2.24, 2.45) is 29.1 Å². The van der Waals surface area contributed by atoms with Crippen molar-refractivity contribution in [2.75, 3.05) is 6.54 Å². The zero-order chi connectivity index (χ0) is 14.3. The van der Waals surface area contributed by atoms with Crippen LogP contribution in [0.3, 0.4) is 0 Å². The first-order valence-corrected chi connectivity index (χ1v) is 7.69. The Kier molecular flexibility index (Phi) is 3.35. The van der Waals surface area contributed by atoms with E-state index in [0.29, 0.717) is 6.54 Å². The van der Waals surface area contributed by atoms with Gasteiger partial charge in [0.05, 0.1) is 11.8 Å². The highest BCUT2D eigenvalue weighted by atomic mass is 16.4. The van der Waals surface area contributed by atoms with E-state index in [4.69, 9.17) is 0 Å². The van der Waals surface area contributed by atoms with Crippen LogP contribution < -0.4 is 5.32 Å². The summed E-state index contributed by atoms with van der Waals surface area (Å²) in [6, 6.07) is 0.